The number of nitrogens with zero attached hydrogens (tertiary/aromatic N) is 5. The number of anilines is 1. The number of alkyl halides is 3. The predicted molar refractivity (Wildman–Crippen MR) is 141 cm³/mol. The molecule has 3 heterocycles. The Morgan fingerprint density at radius 3 is 2.51 bits per heavy atom. The molecule has 0 aliphatic heterocycles. The first-order chi connectivity index (χ1) is 19.6. The first-order valence-corrected chi connectivity index (χ1v) is 13.6. The largest absolute Gasteiger partial charge is 0.401 e. The minimum absolute atomic E-state index is 0.0869. The molecule has 4 aromatic rings. The number of nitrogens with one attached hydrogen (secondary N) is 1. The van der Waals surface area contributed by atoms with Gasteiger partial charge in [-0.1, -0.05) is 24.2 Å². The van der Waals surface area contributed by atoms with Crippen LogP contribution in [0.3, 0.4) is 0 Å². The number of rotatable bonds is 10. The molecule has 0 spiro atoms. The molecule has 2 fully saturated rings. The third-order valence-electron chi connectivity index (χ3n) is 7.62. The van der Waals surface area contributed by atoms with Crippen LogP contribution in [0.25, 0.3) is 11.1 Å². The molecule has 1 aromatic carbocycles. The summed E-state index contributed by atoms with van der Waals surface area (Å²) in [5.41, 5.74) is 1.53. The Bertz CT molecular complexity index is 1570. The Labute approximate surface area is 233 Å². The standard InChI is InChI=1S/C29H28F4N6O2/c1-2-9-39-16-20(27(37-39)17-3-4-17)11-24-34-14-21(15-35-24)18-5-6-19(22(30)10-18)12-26(40)36-25-13-23(41-38-25)28(7-8-28)29(31,32)33/h5-6,10,13-17H,2-4,7-9,11-12H2,1H3,(H,36,38,40). The summed E-state index contributed by atoms with van der Waals surface area (Å²) in [7, 11) is 0. The number of aryl methyl sites for hydroxylation is 1. The van der Waals surface area contributed by atoms with Crippen molar-refractivity contribution in [2.24, 2.45) is 0 Å². The van der Waals surface area contributed by atoms with Crippen LogP contribution in [-0.4, -0.2) is 37.0 Å². The highest BCUT2D eigenvalue weighted by molar-refractivity contribution is 5.91. The van der Waals surface area contributed by atoms with Crippen LogP contribution < -0.4 is 5.32 Å². The van der Waals surface area contributed by atoms with Crippen molar-refractivity contribution in [2.45, 2.75) is 75.9 Å². The summed E-state index contributed by atoms with van der Waals surface area (Å²) in [6, 6.07) is 5.53. The van der Waals surface area contributed by atoms with Crippen molar-refractivity contribution in [3.63, 3.8) is 0 Å². The van der Waals surface area contributed by atoms with Gasteiger partial charge in [0.05, 0.1) is 12.1 Å². The van der Waals surface area contributed by atoms with E-state index in [-0.39, 0.29) is 36.4 Å². The number of benzene rings is 1. The predicted octanol–water partition coefficient (Wildman–Crippen LogP) is 6.12. The first kappa shape index (κ1) is 27.1. The molecule has 3 aromatic heterocycles. The zero-order valence-electron chi connectivity index (χ0n) is 22.3. The van der Waals surface area contributed by atoms with E-state index in [1.165, 1.54) is 12.1 Å². The van der Waals surface area contributed by atoms with Crippen molar-refractivity contribution in [1.82, 2.24) is 24.9 Å². The van der Waals surface area contributed by atoms with E-state index in [4.69, 9.17) is 9.62 Å². The van der Waals surface area contributed by atoms with E-state index in [2.05, 4.69) is 33.6 Å². The molecule has 1 N–H and O–H groups in total. The van der Waals surface area contributed by atoms with Crippen molar-refractivity contribution < 1.29 is 26.9 Å². The summed E-state index contributed by atoms with van der Waals surface area (Å²) in [5, 5.41) is 10.7. The van der Waals surface area contributed by atoms with Crippen molar-refractivity contribution in [1.29, 1.82) is 0 Å². The lowest BCUT2D eigenvalue weighted by Gasteiger charge is -2.14. The molecule has 2 aliphatic rings. The van der Waals surface area contributed by atoms with E-state index in [1.54, 1.807) is 18.5 Å². The molecular weight excluding hydrogens is 540 g/mol. The number of carbonyl (C=O) groups is 1. The van der Waals surface area contributed by atoms with E-state index >= 15 is 0 Å². The normalized spacial score (nSPS) is 16.1. The van der Waals surface area contributed by atoms with Crippen LogP contribution in [0.15, 0.2) is 47.4 Å². The van der Waals surface area contributed by atoms with Gasteiger partial charge in [-0.15, -0.1) is 0 Å². The monoisotopic (exact) mass is 568 g/mol. The Balaban J connectivity index is 1.09. The van der Waals surface area contributed by atoms with Gasteiger partial charge in [0.15, 0.2) is 11.6 Å². The Morgan fingerprint density at radius 2 is 1.88 bits per heavy atom. The fourth-order valence-corrected chi connectivity index (χ4v) is 5.01. The molecular formula is C29H28F4N6O2. The quantitative estimate of drug-likeness (QED) is 0.232. The Hall–Kier alpha value is -4.09. The second-order valence-corrected chi connectivity index (χ2v) is 10.8. The van der Waals surface area contributed by atoms with Gasteiger partial charge in [-0.05, 0) is 49.3 Å². The van der Waals surface area contributed by atoms with Gasteiger partial charge < -0.3 is 9.84 Å². The summed E-state index contributed by atoms with van der Waals surface area (Å²) >= 11 is 0. The Kier molecular flexibility index (Phi) is 6.87. The lowest BCUT2D eigenvalue weighted by Crippen LogP contribution is -2.28. The molecule has 0 saturated heterocycles. The van der Waals surface area contributed by atoms with E-state index in [9.17, 15) is 22.4 Å². The average molecular weight is 569 g/mol. The van der Waals surface area contributed by atoms with Gasteiger partial charge in [0.25, 0.3) is 0 Å². The minimum Gasteiger partial charge on any atom is -0.358 e. The van der Waals surface area contributed by atoms with Gasteiger partial charge >= 0.3 is 6.18 Å². The number of carbonyl (C=O) groups excluding carboxylic acids is 1. The van der Waals surface area contributed by atoms with Gasteiger partial charge in [0.1, 0.15) is 17.1 Å². The van der Waals surface area contributed by atoms with Crippen LogP contribution in [-0.2, 0) is 29.6 Å². The highest BCUT2D eigenvalue weighted by atomic mass is 19.4. The second-order valence-electron chi connectivity index (χ2n) is 10.8. The number of amides is 1. The molecule has 2 saturated carbocycles. The molecule has 12 heteroatoms. The molecule has 0 unspecified atom stereocenters. The van der Waals surface area contributed by atoms with Crippen LogP contribution in [0.2, 0.25) is 0 Å². The molecule has 0 bridgehead atoms. The summed E-state index contributed by atoms with van der Waals surface area (Å²) < 4.78 is 61.6. The molecule has 0 atom stereocenters. The lowest BCUT2D eigenvalue weighted by atomic mass is 10.0. The van der Waals surface area contributed by atoms with Crippen molar-refractivity contribution in [3.05, 3.63) is 77.1 Å². The van der Waals surface area contributed by atoms with E-state index in [1.807, 2.05) is 4.68 Å². The smallest absolute Gasteiger partial charge is 0.358 e. The molecule has 0 radical (unpaired) electrons. The topological polar surface area (TPSA) is 98.7 Å². The minimum atomic E-state index is -4.46. The molecule has 214 valence electrons. The molecule has 41 heavy (non-hydrogen) atoms. The molecule has 2 aliphatic carbocycles. The fraction of sp³-hybridized carbons (Fsp3) is 0.414. The highest BCUT2D eigenvalue weighted by Crippen LogP contribution is 2.59. The van der Waals surface area contributed by atoms with E-state index < -0.39 is 23.3 Å². The first-order valence-electron chi connectivity index (χ1n) is 13.6. The summed E-state index contributed by atoms with van der Waals surface area (Å²) in [4.78, 5) is 21.4. The fourth-order valence-electron chi connectivity index (χ4n) is 5.01. The molecule has 8 nitrogen and oxygen atoms in total. The van der Waals surface area contributed by atoms with Gasteiger partial charge in [-0.25, -0.2) is 14.4 Å². The van der Waals surface area contributed by atoms with Crippen LogP contribution in [0.1, 0.15) is 73.4 Å². The van der Waals surface area contributed by atoms with Crippen LogP contribution in [0, 0.1) is 5.82 Å². The molecule has 1 amide bonds. The van der Waals surface area contributed by atoms with Crippen molar-refractivity contribution in [2.75, 3.05) is 5.32 Å². The van der Waals surface area contributed by atoms with Crippen LogP contribution in [0.5, 0.6) is 0 Å². The Morgan fingerprint density at radius 1 is 1.12 bits per heavy atom. The van der Waals surface area contributed by atoms with Crippen molar-refractivity contribution in [3.8, 4) is 11.1 Å². The summed E-state index contributed by atoms with van der Waals surface area (Å²) in [6.07, 6.45) is 4.29. The number of hydrogen-bond donors (Lipinski definition) is 1. The highest BCUT2D eigenvalue weighted by Gasteiger charge is 2.66. The number of halogens is 4. The van der Waals surface area contributed by atoms with Gasteiger partial charge in [-0.3, -0.25) is 9.48 Å². The number of hydrogen-bond acceptors (Lipinski definition) is 6. The van der Waals surface area contributed by atoms with E-state index in [0.29, 0.717) is 29.3 Å². The van der Waals surface area contributed by atoms with Crippen LogP contribution >= 0.6 is 0 Å². The zero-order valence-corrected chi connectivity index (χ0v) is 22.3. The SMILES string of the molecule is CCCn1cc(Cc2ncc(-c3ccc(CC(=O)Nc4cc(C5(C(F)(F)F)CC5)on4)c(F)c3)cn2)c(C2CC2)n1. The maximum Gasteiger partial charge on any atom is 0.401 e. The maximum absolute atomic E-state index is 14.9. The molecule has 6 rings (SSSR count). The average Bonchev–Trinajstić information content (AvgIpc) is 3.85. The van der Waals surface area contributed by atoms with Gasteiger partial charge in [-0.2, -0.15) is 18.3 Å². The maximum atomic E-state index is 14.9. The van der Waals surface area contributed by atoms with Gasteiger partial charge in [0.2, 0.25) is 5.91 Å². The number of aromatic nitrogens is 5. The lowest BCUT2D eigenvalue weighted by molar-refractivity contribution is -0.165. The van der Waals surface area contributed by atoms with E-state index in [0.717, 1.165) is 43.1 Å². The third-order valence-corrected chi connectivity index (χ3v) is 7.62. The summed E-state index contributed by atoms with van der Waals surface area (Å²) in [6.45, 7) is 2.98. The van der Waals surface area contributed by atoms with Crippen molar-refractivity contribution >= 4 is 11.7 Å². The third kappa shape index (κ3) is 5.59. The second kappa shape index (κ2) is 10.4. The van der Waals surface area contributed by atoms with Crippen LogP contribution in [0.4, 0.5) is 23.4 Å². The van der Waals surface area contributed by atoms with Gasteiger partial charge in [0, 0.05) is 54.7 Å². The summed E-state index contributed by atoms with van der Waals surface area (Å²) in [5.74, 6) is -0.540. The zero-order chi connectivity index (χ0) is 28.8.